The molecule has 2 N–H and O–H groups in total. The summed E-state index contributed by atoms with van der Waals surface area (Å²) in [6, 6.07) is 0. The maximum Gasteiger partial charge on any atom is 0.219 e. The van der Waals surface area contributed by atoms with Crippen LogP contribution in [0.4, 0.5) is 0 Å². The molecule has 1 aliphatic rings. The number of hydrogen-bond donors (Lipinski definition) is 2. The molecule has 1 heterocycles. The lowest BCUT2D eigenvalue weighted by Gasteiger charge is -2.18. The fourth-order valence-corrected chi connectivity index (χ4v) is 2.54. The fourth-order valence-electron chi connectivity index (χ4n) is 1.40. The molecule has 0 radical (unpaired) electrons. The Morgan fingerprint density at radius 1 is 1.64 bits per heavy atom. The summed E-state index contributed by atoms with van der Waals surface area (Å²) < 4.78 is -0.700. The number of rotatable bonds is 2. The smallest absolute Gasteiger partial charge is 0.219 e. The Kier molecular flexibility index (Phi) is 3.07. The number of hydrogen-bond acceptors (Lipinski definition) is 4. The van der Waals surface area contributed by atoms with E-state index in [1.54, 1.807) is 26.8 Å². The maximum absolute atomic E-state index is 11.3. The predicted molar refractivity (Wildman–Crippen MR) is 57.2 cm³/mol. The SMILES string of the molecule is CC1=C(O)[C@@](C)(/C=C(\C)CO)SC1=O. The molecule has 0 spiro atoms. The maximum atomic E-state index is 11.3. The molecule has 0 bridgehead atoms. The minimum absolute atomic E-state index is 0.0589. The largest absolute Gasteiger partial charge is 0.510 e. The molecular formula is C10H14O3S. The zero-order chi connectivity index (χ0) is 10.9. The summed E-state index contributed by atoms with van der Waals surface area (Å²) in [5.74, 6) is 0.0975. The second-order valence-corrected chi connectivity index (χ2v) is 5.04. The Labute approximate surface area is 87.5 Å². The normalized spacial score (nSPS) is 28.9. The van der Waals surface area contributed by atoms with Crippen LogP contribution in [0.5, 0.6) is 0 Å². The summed E-state index contributed by atoms with van der Waals surface area (Å²) in [4.78, 5) is 11.3. The lowest BCUT2D eigenvalue weighted by atomic mass is 10.0. The van der Waals surface area contributed by atoms with Gasteiger partial charge in [-0.3, -0.25) is 4.79 Å². The van der Waals surface area contributed by atoms with Crippen LogP contribution in [0, 0.1) is 0 Å². The average molecular weight is 214 g/mol. The van der Waals surface area contributed by atoms with Gasteiger partial charge in [0, 0.05) is 5.57 Å². The van der Waals surface area contributed by atoms with Crippen LogP contribution < -0.4 is 0 Å². The Morgan fingerprint density at radius 3 is 2.57 bits per heavy atom. The number of thioether (sulfide) groups is 1. The summed E-state index contributed by atoms with van der Waals surface area (Å²) in [7, 11) is 0. The van der Waals surface area contributed by atoms with Crippen LogP contribution >= 0.6 is 11.8 Å². The number of carbonyl (C=O) groups is 1. The number of aliphatic hydroxyl groups is 2. The van der Waals surface area contributed by atoms with E-state index in [1.165, 1.54) is 0 Å². The van der Waals surface area contributed by atoms with Crippen LogP contribution in [-0.2, 0) is 4.79 Å². The summed E-state index contributed by atoms with van der Waals surface area (Å²) in [5, 5.41) is 18.5. The fraction of sp³-hybridized carbons (Fsp3) is 0.500. The first-order chi connectivity index (χ1) is 6.40. The third kappa shape index (κ3) is 1.86. The van der Waals surface area contributed by atoms with Gasteiger partial charge >= 0.3 is 0 Å². The standard InChI is InChI=1S/C10H14O3S/c1-6(5-11)4-10(3)8(12)7(2)9(13)14-10/h4,11-12H,5H2,1-3H3/b6-4+/t10-/m1/s1. The van der Waals surface area contributed by atoms with Gasteiger partial charge in [-0.2, -0.15) is 0 Å². The first kappa shape index (κ1) is 11.3. The molecule has 0 aromatic carbocycles. The topological polar surface area (TPSA) is 57.5 Å². The molecule has 3 nitrogen and oxygen atoms in total. The Bertz CT molecular complexity index is 330. The molecule has 0 unspecified atom stereocenters. The highest BCUT2D eigenvalue weighted by Gasteiger charge is 2.40. The molecule has 1 aliphatic heterocycles. The first-order valence-corrected chi connectivity index (χ1v) is 5.15. The second kappa shape index (κ2) is 3.79. The van der Waals surface area contributed by atoms with Crippen molar-refractivity contribution in [2.24, 2.45) is 0 Å². The zero-order valence-electron chi connectivity index (χ0n) is 8.50. The molecule has 0 aromatic heterocycles. The molecule has 78 valence electrons. The van der Waals surface area contributed by atoms with Crippen molar-refractivity contribution in [3.8, 4) is 0 Å². The van der Waals surface area contributed by atoms with E-state index in [2.05, 4.69) is 0 Å². The molecule has 0 aromatic rings. The van der Waals surface area contributed by atoms with E-state index < -0.39 is 4.75 Å². The molecule has 0 fully saturated rings. The highest BCUT2D eigenvalue weighted by atomic mass is 32.2. The van der Waals surface area contributed by atoms with Crippen molar-refractivity contribution in [2.45, 2.75) is 25.5 Å². The van der Waals surface area contributed by atoms with Gasteiger partial charge in [-0.1, -0.05) is 23.4 Å². The van der Waals surface area contributed by atoms with Crippen molar-refractivity contribution in [2.75, 3.05) is 6.61 Å². The van der Waals surface area contributed by atoms with E-state index in [0.29, 0.717) is 5.57 Å². The molecule has 4 heteroatoms. The van der Waals surface area contributed by atoms with Gasteiger partial charge in [-0.15, -0.1) is 0 Å². The molecule has 0 aliphatic carbocycles. The molecular weight excluding hydrogens is 200 g/mol. The van der Waals surface area contributed by atoms with E-state index in [1.807, 2.05) is 0 Å². The van der Waals surface area contributed by atoms with Gasteiger partial charge in [-0.05, 0) is 20.8 Å². The van der Waals surface area contributed by atoms with Gasteiger partial charge in [0.25, 0.3) is 0 Å². The van der Waals surface area contributed by atoms with Crippen molar-refractivity contribution in [1.82, 2.24) is 0 Å². The van der Waals surface area contributed by atoms with E-state index >= 15 is 0 Å². The number of aliphatic hydroxyl groups excluding tert-OH is 2. The summed E-state index contributed by atoms with van der Waals surface area (Å²) in [5.41, 5.74) is 1.15. The number of carbonyl (C=O) groups excluding carboxylic acids is 1. The molecule has 0 amide bonds. The van der Waals surface area contributed by atoms with E-state index in [9.17, 15) is 9.90 Å². The highest BCUT2D eigenvalue weighted by molar-refractivity contribution is 8.16. The van der Waals surface area contributed by atoms with E-state index in [-0.39, 0.29) is 17.5 Å². The van der Waals surface area contributed by atoms with Gasteiger partial charge in [-0.25, -0.2) is 0 Å². The van der Waals surface area contributed by atoms with Crippen molar-refractivity contribution in [3.63, 3.8) is 0 Å². The van der Waals surface area contributed by atoms with Gasteiger partial charge < -0.3 is 10.2 Å². The van der Waals surface area contributed by atoms with Gasteiger partial charge in [0.15, 0.2) is 0 Å². The minimum Gasteiger partial charge on any atom is -0.510 e. The van der Waals surface area contributed by atoms with Crippen LogP contribution in [0.1, 0.15) is 20.8 Å². The van der Waals surface area contributed by atoms with Crippen LogP contribution in [0.3, 0.4) is 0 Å². The third-order valence-electron chi connectivity index (χ3n) is 2.21. The molecule has 1 atom stereocenters. The van der Waals surface area contributed by atoms with Gasteiger partial charge in [0.05, 0.1) is 11.4 Å². The van der Waals surface area contributed by atoms with Crippen molar-refractivity contribution >= 4 is 16.9 Å². The summed E-state index contributed by atoms with van der Waals surface area (Å²) >= 11 is 1.08. The van der Waals surface area contributed by atoms with E-state index in [4.69, 9.17) is 5.11 Å². The lowest BCUT2D eigenvalue weighted by molar-refractivity contribution is -0.107. The Balaban J connectivity index is 3.06. The lowest BCUT2D eigenvalue weighted by Crippen LogP contribution is -2.18. The van der Waals surface area contributed by atoms with Crippen LogP contribution in [0.2, 0.25) is 0 Å². The van der Waals surface area contributed by atoms with Gasteiger partial charge in [0.1, 0.15) is 5.76 Å². The third-order valence-corrected chi connectivity index (χ3v) is 3.43. The molecule has 0 saturated heterocycles. The van der Waals surface area contributed by atoms with Crippen molar-refractivity contribution in [1.29, 1.82) is 0 Å². The Morgan fingerprint density at radius 2 is 2.21 bits per heavy atom. The van der Waals surface area contributed by atoms with Crippen LogP contribution in [0.25, 0.3) is 0 Å². The minimum atomic E-state index is -0.700. The second-order valence-electron chi connectivity index (χ2n) is 3.62. The van der Waals surface area contributed by atoms with Crippen LogP contribution in [-0.4, -0.2) is 26.7 Å². The summed E-state index contributed by atoms with van der Waals surface area (Å²) in [6.45, 7) is 5.08. The molecule has 0 saturated carbocycles. The predicted octanol–water partition coefficient (Wildman–Crippen LogP) is 1.79. The van der Waals surface area contributed by atoms with Gasteiger partial charge in [0.2, 0.25) is 5.12 Å². The highest BCUT2D eigenvalue weighted by Crippen LogP contribution is 2.43. The first-order valence-electron chi connectivity index (χ1n) is 4.33. The zero-order valence-corrected chi connectivity index (χ0v) is 9.31. The van der Waals surface area contributed by atoms with Crippen molar-refractivity contribution < 1.29 is 15.0 Å². The quantitative estimate of drug-likeness (QED) is 0.688. The monoisotopic (exact) mass is 214 g/mol. The van der Waals surface area contributed by atoms with Crippen molar-refractivity contribution in [3.05, 3.63) is 23.0 Å². The Hall–Kier alpha value is -0.740. The molecule has 1 rings (SSSR count). The van der Waals surface area contributed by atoms with E-state index in [0.717, 1.165) is 17.3 Å². The summed E-state index contributed by atoms with van der Waals surface area (Å²) in [6.07, 6.45) is 1.72. The van der Waals surface area contributed by atoms with Crippen LogP contribution in [0.15, 0.2) is 23.0 Å². The molecule has 14 heavy (non-hydrogen) atoms. The average Bonchev–Trinajstić information content (AvgIpc) is 2.30.